The van der Waals surface area contributed by atoms with Gasteiger partial charge in [-0.15, -0.1) is 0 Å². The molecule has 0 atom stereocenters. The fourth-order valence-electron chi connectivity index (χ4n) is 4.31. The third kappa shape index (κ3) is 4.93. The van der Waals surface area contributed by atoms with E-state index in [4.69, 9.17) is 0 Å². The molecule has 1 saturated heterocycles. The largest absolute Gasteiger partial charge is 0.367 e. The van der Waals surface area contributed by atoms with Gasteiger partial charge in [0.15, 0.2) is 0 Å². The molecule has 0 spiro atoms. The van der Waals surface area contributed by atoms with Crippen molar-refractivity contribution in [3.63, 3.8) is 0 Å². The fourth-order valence-corrected chi connectivity index (χ4v) is 4.31. The highest BCUT2D eigenvalue weighted by Gasteiger charge is 2.24. The SMILES string of the molecule is O=C(NCCCCC1CCN(C(=O)c2ccccc2)CC1)N1C=C2C=CNC=C2C1. The number of allylic oxidation sites excluding steroid dienone is 1. The number of dihydropyridines is 1. The second-order valence-electron chi connectivity index (χ2n) is 8.21. The van der Waals surface area contributed by atoms with Crippen LogP contribution in [0.3, 0.4) is 0 Å². The number of piperidine rings is 1. The number of amides is 3. The van der Waals surface area contributed by atoms with Gasteiger partial charge in [0.1, 0.15) is 0 Å². The summed E-state index contributed by atoms with van der Waals surface area (Å²) in [6.07, 6.45) is 13.1. The molecular formula is C24H30N4O2. The van der Waals surface area contributed by atoms with Crippen LogP contribution in [-0.2, 0) is 0 Å². The lowest BCUT2D eigenvalue weighted by atomic mass is 9.91. The van der Waals surface area contributed by atoms with Gasteiger partial charge in [0.05, 0.1) is 6.54 Å². The van der Waals surface area contributed by atoms with Crippen molar-refractivity contribution in [2.75, 3.05) is 26.2 Å². The van der Waals surface area contributed by atoms with Gasteiger partial charge >= 0.3 is 6.03 Å². The first-order chi connectivity index (χ1) is 14.7. The summed E-state index contributed by atoms with van der Waals surface area (Å²) < 4.78 is 0. The van der Waals surface area contributed by atoms with Crippen LogP contribution in [0.2, 0.25) is 0 Å². The van der Waals surface area contributed by atoms with Gasteiger partial charge in [0.2, 0.25) is 0 Å². The van der Waals surface area contributed by atoms with Gasteiger partial charge in [-0.2, -0.15) is 0 Å². The lowest BCUT2D eigenvalue weighted by Gasteiger charge is -2.32. The summed E-state index contributed by atoms with van der Waals surface area (Å²) in [5, 5.41) is 6.09. The summed E-state index contributed by atoms with van der Waals surface area (Å²) in [4.78, 5) is 28.6. The zero-order valence-electron chi connectivity index (χ0n) is 17.3. The van der Waals surface area contributed by atoms with E-state index in [1.807, 2.05) is 59.9 Å². The van der Waals surface area contributed by atoms with E-state index in [9.17, 15) is 9.59 Å². The Kier molecular flexibility index (Phi) is 6.52. The third-order valence-corrected chi connectivity index (χ3v) is 6.12. The second kappa shape index (κ2) is 9.65. The molecule has 4 rings (SSSR count). The monoisotopic (exact) mass is 406 g/mol. The van der Waals surface area contributed by atoms with Crippen LogP contribution in [0.15, 0.2) is 66.2 Å². The van der Waals surface area contributed by atoms with Crippen LogP contribution in [0.25, 0.3) is 0 Å². The van der Waals surface area contributed by atoms with Crippen molar-refractivity contribution < 1.29 is 9.59 Å². The molecule has 0 radical (unpaired) electrons. The normalized spacial score (nSPS) is 18.4. The average molecular weight is 407 g/mol. The lowest BCUT2D eigenvalue weighted by molar-refractivity contribution is 0.0686. The zero-order chi connectivity index (χ0) is 20.8. The van der Waals surface area contributed by atoms with E-state index in [0.29, 0.717) is 19.0 Å². The maximum atomic E-state index is 12.5. The molecule has 6 heteroatoms. The Bertz CT molecular complexity index is 851. The number of unbranched alkanes of at least 4 members (excludes halogenated alkanes) is 1. The highest BCUT2D eigenvalue weighted by molar-refractivity contribution is 5.94. The maximum absolute atomic E-state index is 12.5. The number of nitrogens with zero attached hydrogens (tertiary/aromatic N) is 2. The predicted octanol–water partition coefficient (Wildman–Crippen LogP) is 3.62. The van der Waals surface area contributed by atoms with Crippen LogP contribution in [0.1, 0.15) is 42.5 Å². The van der Waals surface area contributed by atoms with Crippen LogP contribution >= 0.6 is 0 Å². The van der Waals surface area contributed by atoms with Gasteiger partial charge in [-0.1, -0.05) is 31.0 Å². The molecule has 3 amide bonds. The maximum Gasteiger partial charge on any atom is 0.321 e. The Hall–Kier alpha value is -3.02. The minimum absolute atomic E-state index is 0.0288. The number of urea groups is 1. The molecule has 0 unspecified atom stereocenters. The summed E-state index contributed by atoms with van der Waals surface area (Å²) >= 11 is 0. The molecule has 30 heavy (non-hydrogen) atoms. The number of carbonyl (C=O) groups is 2. The van der Waals surface area contributed by atoms with Crippen molar-refractivity contribution in [3.05, 3.63) is 71.7 Å². The van der Waals surface area contributed by atoms with Crippen LogP contribution in [0.4, 0.5) is 4.79 Å². The molecule has 3 aliphatic rings. The zero-order valence-corrected chi connectivity index (χ0v) is 17.3. The van der Waals surface area contributed by atoms with Crippen molar-refractivity contribution in [1.29, 1.82) is 0 Å². The number of likely N-dealkylation sites (tertiary alicyclic amines) is 1. The standard InChI is InChI=1S/C24H30N4O2/c29-23(20-7-2-1-3-8-20)27-14-10-19(11-15-27)6-4-5-12-26-24(30)28-17-21-9-13-25-16-22(21)18-28/h1-3,7-9,13,16-17,19,25H,4-6,10-12,14-15,18H2,(H,26,30). The number of nitrogens with one attached hydrogen (secondary N) is 2. The quantitative estimate of drug-likeness (QED) is 0.709. The average Bonchev–Trinajstić information content (AvgIpc) is 3.24. The third-order valence-electron chi connectivity index (χ3n) is 6.12. The van der Waals surface area contributed by atoms with Gasteiger partial charge in [0.25, 0.3) is 5.91 Å². The number of carbonyl (C=O) groups excluding carboxylic acids is 2. The molecule has 158 valence electrons. The molecule has 0 aromatic heterocycles. The van der Waals surface area contributed by atoms with Crippen molar-refractivity contribution in [3.8, 4) is 0 Å². The van der Waals surface area contributed by atoms with Crippen molar-refractivity contribution >= 4 is 11.9 Å². The van der Waals surface area contributed by atoms with E-state index >= 15 is 0 Å². The molecule has 0 bridgehead atoms. The van der Waals surface area contributed by atoms with Gasteiger partial charge in [-0.05, 0) is 54.5 Å². The number of hydrogen-bond donors (Lipinski definition) is 2. The first kappa shape index (κ1) is 20.3. The van der Waals surface area contributed by atoms with Crippen LogP contribution in [0, 0.1) is 5.92 Å². The fraction of sp³-hybridized carbons (Fsp3) is 0.417. The topological polar surface area (TPSA) is 64.7 Å². The first-order valence-corrected chi connectivity index (χ1v) is 10.9. The number of rotatable bonds is 6. The molecule has 3 heterocycles. The smallest absolute Gasteiger partial charge is 0.321 e. The number of fused-ring (bicyclic) bond motifs is 1. The molecule has 1 aromatic carbocycles. The van der Waals surface area contributed by atoms with Crippen molar-refractivity contribution in [1.82, 2.24) is 20.4 Å². The van der Waals surface area contributed by atoms with E-state index < -0.39 is 0 Å². The molecular weight excluding hydrogens is 376 g/mol. The van der Waals surface area contributed by atoms with E-state index in [2.05, 4.69) is 10.6 Å². The summed E-state index contributed by atoms with van der Waals surface area (Å²) in [7, 11) is 0. The highest BCUT2D eigenvalue weighted by Crippen LogP contribution is 2.24. The minimum Gasteiger partial charge on any atom is -0.367 e. The van der Waals surface area contributed by atoms with Crippen molar-refractivity contribution in [2.45, 2.75) is 32.1 Å². The molecule has 0 aliphatic carbocycles. The molecule has 3 aliphatic heterocycles. The molecule has 6 nitrogen and oxygen atoms in total. The van der Waals surface area contributed by atoms with Crippen molar-refractivity contribution in [2.24, 2.45) is 5.92 Å². The molecule has 1 fully saturated rings. The molecule has 0 saturated carbocycles. The predicted molar refractivity (Wildman–Crippen MR) is 117 cm³/mol. The number of benzene rings is 1. The summed E-state index contributed by atoms with van der Waals surface area (Å²) in [6, 6.07) is 9.51. The van der Waals surface area contributed by atoms with Gasteiger partial charge in [0, 0.05) is 43.8 Å². The van der Waals surface area contributed by atoms with Crippen LogP contribution in [0.5, 0.6) is 0 Å². The minimum atomic E-state index is -0.0288. The Morgan fingerprint density at radius 1 is 1.10 bits per heavy atom. The molecule has 1 aromatic rings. The van der Waals surface area contributed by atoms with E-state index in [0.717, 1.165) is 55.5 Å². The second-order valence-corrected chi connectivity index (χ2v) is 8.21. The Morgan fingerprint density at radius 3 is 2.67 bits per heavy atom. The first-order valence-electron chi connectivity index (χ1n) is 10.9. The highest BCUT2D eigenvalue weighted by atomic mass is 16.2. The van der Waals surface area contributed by atoms with E-state index in [1.54, 1.807) is 4.90 Å². The summed E-state index contributed by atoms with van der Waals surface area (Å²) in [5.74, 6) is 0.828. The van der Waals surface area contributed by atoms with Gasteiger partial charge in [-0.3, -0.25) is 9.69 Å². The molecule has 2 N–H and O–H groups in total. The summed E-state index contributed by atoms with van der Waals surface area (Å²) in [6.45, 7) is 3.02. The lowest BCUT2D eigenvalue weighted by Crippen LogP contribution is -2.38. The van der Waals surface area contributed by atoms with E-state index in [-0.39, 0.29) is 11.9 Å². The van der Waals surface area contributed by atoms with Gasteiger partial charge < -0.3 is 15.5 Å². The number of hydrogen-bond acceptors (Lipinski definition) is 3. The Balaban J connectivity index is 1.10. The van der Waals surface area contributed by atoms with E-state index in [1.165, 1.54) is 6.42 Å². The Morgan fingerprint density at radius 2 is 1.90 bits per heavy atom. The van der Waals surface area contributed by atoms with Gasteiger partial charge in [-0.25, -0.2) is 4.79 Å². The Labute approximate surface area is 178 Å². The van der Waals surface area contributed by atoms with Crippen LogP contribution in [-0.4, -0.2) is 47.9 Å². The summed E-state index contributed by atoms with van der Waals surface area (Å²) in [5.41, 5.74) is 3.02. The van der Waals surface area contributed by atoms with Crippen LogP contribution < -0.4 is 10.6 Å².